The minimum absolute atomic E-state index is 0.0189. The minimum atomic E-state index is -2.57. The quantitative estimate of drug-likeness (QED) is 0.328. The van der Waals surface area contributed by atoms with E-state index >= 15 is 8.78 Å². The number of piperazine rings is 1. The van der Waals surface area contributed by atoms with Crippen LogP contribution in [0.5, 0.6) is 0 Å². The second-order valence-electron chi connectivity index (χ2n) is 10.7. The summed E-state index contributed by atoms with van der Waals surface area (Å²) >= 11 is 0. The monoisotopic (exact) mass is 565 g/mol. The van der Waals surface area contributed by atoms with Crippen molar-refractivity contribution in [1.29, 1.82) is 0 Å². The van der Waals surface area contributed by atoms with Gasteiger partial charge in [0.2, 0.25) is 0 Å². The Bertz CT molecular complexity index is 1490. The number of hydrogen-bond acceptors (Lipinski definition) is 7. The number of likely N-dealkylation sites (N-methyl/N-ethyl adjacent to an activating group) is 1. The summed E-state index contributed by atoms with van der Waals surface area (Å²) in [6.07, 6.45) is 1.73. The molecule has 0 atom stereocenters. The van der Waals surface area contributed by atoms with Crippen molar-refractivity contribution >= 4 is 27.3 Å². The van der Waals surface area contributed by atoms with E-state index in [1.807, 2.05) is 29.2 Å². The smallest absolute Gasteiger partial charge is 0.131 e. The molecule has 7 nitrogen and oxygen atoms in total. The van der Waals surface area contributed by atoms with E-state index in [1.54, 1.807) is 12.3 Å². The lowest BCUT2D eigenvalue weighted by atomic mass is 10.0. The topological polar surface area (TPSA) is 76.0 Å². The SMILES string of the molecule is CN1CCN(c2ccc(-c3cnc4cccc(-c5cc(F)c(CN6CCS(O)(O)CC6)c(F)c5)c4n3)cc2)CC1. The average molecular weight is 566 g/mol. The van der Waals surface area contributed by atoms with Crippen LogP contribution in [0, 0.1) is 11.6 Å². The molecule has 3 aromatic carbocycles. The third kappa shape index (κ3) is 5.68. The molecule has 0 amide bonds. The van der Waals surface area contributed by atoms with Crippen LogP contribution in [0.3, 0.4) is 0 Å². The fourth-order valence-electron chi connectivity index (χ4n) is 5.37. The molecule has 10 heteroatoms. The van der Waals surface area contributed by atoms with Gasteiger partial charge >= 0.3 is 0 Å². The first kappa shape index (κ1) is 27.0. The number of aromatic nitrogens is 2. The molecule has 0 radical (unpaired) electrons. The van der Waals surface area contributed by atoms with Crippen LogP contribution >= 0.6 is 10.6 Å². The van der Waals surface area contributed by atoms with Crippen molar-refractivity contribution < 1.29 is 17.9 Å². The molecular formula is C30H33F2N5O2S. The normalized spacial score (nSPS) is 19.2. The van der Waals surface area contributed by atoms with Crippen LogP contribution in [0.25, 0.3) is 33.4 Å². The number of fused-ring (bicyclic) bond motifs is 1. The standard InChI is InChI=1S/C30H33F2N5O2S/c1-35-9-11-37(12-10-35)23-7-5-21(6-8-23)29-19-33-28-4-2-3-24(30(28)34-29)22-17-26(31)25(27(32)18-22)20-36-13-15-40(38,39)16-14-36/h2-8,17-19,38-39H,9-16,20H2,1H3. The summed E-state index contributed by atoms with van der Waals surface area (Å²) in [5.41, 5.74) is 5.01. The molecule has 2 aliphatic rings. The number of hydrogen-bond donors (Lipinski definition) is 2. The van der Waals surface area contributed by atoms with Gasteiger partial charge in [0.25, 0.3) is 0 Å². The van der Waals surface area contributed by atoms with Crippen LogP contribution in [0.2, 0.25) is 0 Å². The zero-order chi connectivity index (χ0) is 27.9. The highest BCUT2D eigenvalue weighted by Crippen LogP contribution is 2.41. The van der Waals surface area contributed by atoms with Crippen LogP contribution < -0.4 is 4.90 Å². The first-order valence-corrected chi connectivity index (χ1v) is 15.4. The van der Waals surface area contributed by atoms with Crippen molar-refractivity contribution in [2.75, 3.05) is 62.7 Å². The van der Waals surface area contributed by atoms with Gasteiger partial charge in [-0.25, -0.2) is 13.8 Å². The highest BCUT2D eigenvalue weighted by atomic mass is 32.3. The second kappa shape index (κ2) is 11.0. The third-order valence-electron chi connectivity index (χ3n) is 7.91. The Morgan fingerprint density at radius 2 is 1.52 bits per heavy atom. The van der Waals surface area contributed by atoms with Gasteiger partial charge in [-0.15, -0.1) is 0 Å². The number of nitrogens with zero attached hydrogens (tertiary/aromatic N) is 5. The van der Waals surface area contributed by atoms with Gasteiger partial charge in [-0.1, -0.05) is 24.3 Å². The summed E-state index contributed by atoms with van der Waals surface area (Å²) in [4.78, 5) is 16.0. The molecule has 2 aliphatic heterocycles. The fourth-order valence-corrected chi connectivity index (χ4v) is 6.67. The maximum atomic E-state index is 15.3. The molecule has 2 N–H and O–H groups in total. The zero-order valence-electron chi connectivity index (χ0n) is 22.4. The average Bonchev–Trinajstić information content (AvgIpc) is 2.95. The Balaban J connectivity index is 1.27. The predicted octanol–water partition coefficient (Wildman–Crippen LogP) is 5.56. The second-order valence-corrected chi connectivity index (χ2v) is 13.1. The summed E-state index contributed by atoms with van der Waals surface area (Å²) in [5.74, 6) is -0.811. The Hall–Kier alpha value is -3.15. The van der Waals surface area contributed by atoms with Crippen LogP contribution in [0.1, 0.15) is 5.56 Å². The molecule has 0 unspecified atom stereocenters. The number of benzene rings is 3. The maximum Gasteiger partial charge on any atom is 0.131 e. The third-order valence-corrected chi connectivity index (χ3v) is 9.58. The lowest BCUT2D eigenvalue weighted by Gasteiger charge is -2.41. The largest absolute Gasteiger partial charge is 0.369 e. The Labute approximate surface area is 234 Å². The molecule has 4 aromatic rings. The lowest BCUT2D eigenvalue weighted by molar-refractivity contribution is 0.270. The van der Waals surface area contributed by atoms with E-state index in [2.05, 4.69) is 34.0 Å². The highest BCUT2D eigenvalue weighted by molar-refractivity contribution is 8.24. The van der Waals surface area contributed by atoms with Gasteiger partial charge in [0.15, 0.2) is 0 Å². The van der Waals surface area contributed by atoms with Gasteiger partial charge < -0.3 is 9.80 Å². The van der Waals surface area contributed by atoms with Crippen molar-refractivity contribution in [2.24, 2.45) is 0 Å². The van der Waals surface area contributed by atoms with Crippen molar-refractivity contribution in [2.45, 2.75) is 6.54 Å². The van der Waals surface area contributed by atoms with Gasteiger partial charge in [-0.05, 0) is 42.9 Å². The number of para-hydroxylation sites is 1. The first-order chi connectivity index (χ1) is 19.3. The molecule has 3 heterocycles. The Kier molecular flexibility index (Phi) is 7.45. The minimum Gasteiger partial charge on any atom is -0.369 e. The summed E-state index contributed by atoms with van der Waals surface area (Å²) in [6.45, 7) is 4.92. The van der Waals surface area contributed by atoms with E-state index in [4.69, 9.17) is 4.98 Å². The summed E-state index contributed by atoms with van der Waals surface area (Å²) in [7, 11) is -0.432. The van der Waals surface area contributed by atoms with E-state index in [1.165, 1.54) is 17.8 Å². The fraction of sp³-hybridized carbons (Fsp3) is 0.333. The molecule has 0 saturated carbocycles. The molecule has 210 valence electrons. The molecule has 2 saturated heterocycles. The molecule has 0 spiro atoms. The van der Waals surface area contributed by atoms with Crippen LogP contribution in [-0.2, 0) is 6.54 Å². The number of halogens is 2. The first-order valence-electron chi connectivity index (χ1n) is 13.5. The molecule has 0 bridgehead atoms. The van der Waals surface area contributed by atoms with Gasteiger partial charge in [0, 0.05) is 68.2 Å². The molecule has 6 rings (SSSR count). The Morgan fingerprint density at radius 1 is 0.850 bits per heavy atom. The van der Waals surface area contributed by atoms with Crippen molar-refractivity contribution in [1.82, 2.24) is 19.8 Å². The summed E-state index contributed by atoms with van der Waals surface area (Å²) in [6, 6.07) is 16.5. The van der Waals surface area contributed by atoms with Crippen LogP contribution in [0.15, 0.2) is 60.8 Å². The van der Waals surface area contributed by atoms with E-state index < -0.39 is 22.2 Å². The summed E-state index contributed by atoms with van der Waals surface area (Å²) in [5, 5.41) is 0. The van der Waals surface area contributed by atoms with Gasteiger partial charge in [0.1, 0.15) is 11.6 Å². The molecule has 40 heavy (non-hydrogen) atoms. The van der Waals surface area contributed by atoms with E-state index in [0.717, 1.165) is 31.7 Å². The maximum absolute atomic E-state index is 15.3. The van der Waals surface area contributed by atoms with Crippen LogP contribution in [0.4, 0.5) is 14.5 Å². The lowest BCUT2D eigenvalue weighted by Crippen LogP contribution is -2.44. The zero-order valence-corrected chi connectivity index (χ0v) is 23.2. The predicted molar refractivity (Wildman–Crippen MR) is 158 cm³/mol. The van der Waals surface area contributed by atoms with Crippen molar-refractivity contribution in [3.05, 3.63) is 78.0 Å². The highest BCUT2D eigenvalue weighted by Gasteiger charge is 2.24. The van der Waals surface area contributed by atoms with E-state index in [9.17, 15) is 9.11 Å². The summed E-state index contributed by atoms with van der Waals surface area (Å²) < 4.78 is 50.2. The van der Waals surface area contributed by atoms with Crippen LogP contribution in [-0.4, -0.2) is 86.7 Å². The Morgan fingerprint density at radius 3 is 2.20 bits per heavy atom. The molecule has 1 aromatic heterocycles. The van der Waals surface area contributed by atoms with Gasteiger partial charge in [-0.2, -0.15) is 10.6 Å². The molecule has 2 fully saturated rings. The van der Waals surface area contributed by atoms with Crippen molar-refractivity contribution in [3.8, 4) is 22.4 Å². The van der Waals surface area contributed by atoms with E-state index in [0.29, 0.717) is 40.9 Å². The molecule has 0 aliphatic carbocycles. The van der Waals surface area contributed by atoms with Gasteiger partial charge in [0.05, 0.1) is 34.4 Å². The van der Waals surface area contributed by atoms with Gasteiger partial charge in [-0.3, -0.25) is 19.0 Å². The number of rotatable bonds is 5. The number of anilines is 1. The van der Waals surface area contributed by atoms with E-state index in [-0.39, 0.29) is 23.6 Å². The molecular weight excluding hydrogens is 532 g/mol. The van der Waals surface area contributed by atoms with Crippen molar-refractivity contribution in [3.63, 3.8) is 0 Å².